The molecule has 1 saturated heterocycles. The zero-order valence-electron chi connectivity index (χ0n) is 25.1. The number of nitrogens with zero attached hydrogens (tertiary/aromatic N) is 1. The Balaban J connectivity index is 0.000000555. The SMILES string of the molecule is COc1cc(S(C)(=O)=O)ccc1NCC#Cc1cc2c(NC3CCCCC3)cccc2n1CC(F)(F)F.OC1CCNCC1. The van der Waals surface area contributed by atoms with Crippen LogP contribution in [-0.4, -0.2) is 69.4 Å². The van der Waals surface area contributed by atoms with Crippen LogP contribution in [-0.2, 0) is 16.4 Å². The highest BCUT2D eigenvalue weighted by Crippen LogP contribution is 2.32. The third kappa shape index (κ3) is 9.55. The van der Waals surface area contributed by atoms with Crippen molar-refractivity contribution in [2.75, 3.05) is 43.6 Å². The lowest BCUT2D eigenvalue weighted by atomic mass is 9.95. The predicted octanol–water partition coefficient (Wildman–Crippen LogP) is 5.55. The lowest BCUT2D eigenvalue weighted by Gasteiger charge is -2.24. The van der Waals surface area contributed by atoms with Gasteiger partial charge in [-0.1, -0.05) is 31.2 Å². The summed E-state index contributed by atoms with van der Waals surface area (Å²) in [5, 5.41) is 19.3. The molecule has 2 aliphatic rings. The summed E-state index contributed by atoms with van der Waals surface area (Å²) < 4.78 is 70.4. The number of aromatic nitrogens is 1. The Labute approximate surface area is 257 Å². The van der Waals surface area contributed by atoms with Gasteiger partial charge in [0.05, 0.1) is 41.6 Å². The second-order valence-electron chi connectivity index (χ2n) is 11.2. The maximum atomic E-state index is 13.5. The number of halogens is 3. The summed E-state index contributed by atoms with van der Waals surface area (Å²) in [4.78, 5) is 0.121. The third-order valence-corrected chi connectivity index (χ3v) is 8.85. The number of anilines is 2. The lowest BCUT2D eigenvalue weighted by Crippen LogP contribution is -2.30. The minimum absolute atomic E-state index is 0.0266. The van der Waals surface area contributed by atoms with Crippen molar-refractivity contribution < 1.29 is 31.4 Å². The standard InChI is InChI=1S/C27H30F3N3O3S.C5H11NO/c1-36-26-17-21(37(2,34)35)13-14-24(26)31-15-7-10-20-16-22-23(32-19-8-4-3-5-9-19)11-6-12-25(22)33(20)18-27(28,29)30;7-5-1-3-6-4-2-5/h6,11-14,16-17,19,31-32H,3-5,8-9,15,18H2,1-2H3;5-7H,1-4H2. The van der Waals surface area contributed by atoms with Gasteiger partial charge in [0.15, 0.2) is 9.84 Å². The Bertz CT molecular complexity index is 1570. The minimum Gasteiger partial charge on any atom is -0.495 e. The maximum Gasteiger partial charge on any atom is 0.406 e. The van der Waals surface area contributed by atoms with E-state index >= 15 is 0 Å². The van der Waals surface area contributed by atoms with Crippen molar-refractivity contribution in [2.24, 2.45) is 0 Å². The Morgan fingerprint density at radius 2 is 1.77 bits per heavy atom. The first-order valence-corrected chi connectivity index (χ1v) is 16.8. The van der Waals surface area contributed by atoms with Crippen LogP contribution >= 0.6 is 0 Å². The monoisotopic (exact) mass is 634 g/mol. The second kappa shape index (κ2) is 15.1. The molecule has 240 valence electrons. The first kappa shape index (κ1) is 33.5. The molecule has 1 aliphatic carbocycles. The van der Waals surface area contributed by atoms with Crippen molar-refractivity contribution in [2.45, 2.75) is 74.7 Å². The van der Waals surface area contributed by atoms with E-state index in [9.17, 15) is 21.6 Å². The van der Waals surface area contributed by atoms with Crippen molar-refractivity contribution in [1.82, 2.24) is 9.88 Å². The number of fused-ring (bicyclic) bond motifs is 1. The fraction of sp³-hybridized carbons (Fsp3) is 0.500. The van der Waals surface area contributed by atoms with Crippen LogP contribution in [0.25, 0.3) is 10.9 Å². The van der Waals surface area contributed by atoms with E-state index < -0.39 is 22.6 Å². The molecule has 0 spiro atoms. The largest absolute Gasteiger partial charge is 0.495 e. The summed E-state index contributed by atoms with van der Waals surface area (Å²) in [7, 11) is -1.97. The van der Waals surface area contributed by atoms with Gasteiger partial charge in [-0.3, -0.25) is 0 Å². The Morgan fingerprint density at radius 3 is 2.39 bits per heavy atom. The van der Waals surface area contributed by atoms with Crippen molar-refractivity contribution in [3.8, 4) is 17.6 Å². The fourth-order valence-electron chi connectivity index (χ4n) is 5.46. The topological polar surface area (TPSA) is 105 Å². The summed E-state index contributed by atoms with van der Waals surface area (Å²) in [6.07, 6.45) is 4.15. The molecule has 2 fully saturated rings. The molecule has 0 unspecified atom stereocenters. The predicted molar refractivity (Wildman–Crippen MR) is 168 cm³/mol. The van der Waals surface area contributed by atoms with Crippen LogP contribution in [0.15, 0.2) is 47.4 Å². The number of aliphatic hydroxyl groups excluding tert-OH is 1. The van der Waals surface area contributed by atoms with E-state index in [1.54, 1.807) is 24.3 Å². The van der Waals surface area contributed by atoms with Crippen molar-refractivity contribution in [3.63, 3.8) is 0 Å². The summed E-state index contributed by atoms with van der Waals surface area (Å²) >= 11 is 0. The van der Waals surface area contributed by atoms with E-state index in [4.69, 9.17) is 9.84 Å². The molecule has 1 aromatic heterocycles. The molecule has 44 heavy (non-hydrogen) atoms. The first-order valence-electron chi connectivity index (χ1n) is 14.9. The average Bonchev–Trinajstić information content (AvgIpc) is 3.32. The lowest BCUT2D eigenvalue weighted by molar-refractivity contribution is -0.140. The van der Waals surface area contributed by atoms with E-state index in [1.165, 1.54) is 30.2 Å². The molecule has 1 saturated carbocycles. The van der Waals surface area contributed by atoms with Crippen molar-refractivity contribution in [1.29, 1.82) is 0 Å². The molecule has 0 amide bonds. The van der Waals surface area contributed by atoms with Crippen LogP contribution in [0.2, 0.25) is 0 Å². The highest BCUT2D eigenvalue weighted by molar-refractivity contribution is 7.90. The molecular formula is C32H41F3N4O4S. The van der Waals surface area contributed by atoms with Gasteiger partial charge in [-0.05, 0) is 75.0 Å². The van der Waals surface area contributed by atoms with Gasteiger partial charge in [-0.2, -0.15) is 13.2 Å². The summed E-state index contributed by atoms with van der Waals surface area (Å²) in [5.74, 6) is 6.10. The number of ether oxygens (including phenoxy) is 1. The Hall–Kier alpha value is -3.40. The van der Waals surface area contributed by atoms with Crippen LogP contribution in [0, 0.1) is 11.8 Å². The molecule has 12 heteroatoms. The molecule has 0 atom stereocenters. The molecular weight excluding hydrogens is 593 g/mol. The second-order valence-corrected chi connectivity index (χ2v) is 13.2. The Kier molecular flexibility index (Phi) is 11.5. The molecule has 1 aliphatic heterocycles. The van der Waals surface area contributed by atoms with Crippen molar-refractivity contribution >= 4 is 32.1 Å². The number of rotatable bonds is 7. The van der Waals surface area contributed by atoms with E-state index in [0.717, 1.165) is 63.6 Å². The van der Waals surface area contributed by atoms with Gasteiger partial charge < -0.3 is 30.4 Å². The normalized spacial score (nSPS) is 16.4. The zero-order valence-corrected chi connectivity index (χ0v) is 26.0. The first-order chi connectivity index (χ1) is 20.9. The van der Waals surface area contributed by atoms with Gasteiger partial charge in [-0.15, -0.1) is 0 Å². The summed E-state index contributed by atoms with van der Waals surface area (Å²) in [6.45, 7) is 0.958. The van der Waals surface area contributed by atoms with Crippen LogP contribution < -0.4 is 20.7 Å². The Morgan fingerprint density at radius 1 is 1.05 bits per heavy atom. The van der Waals surface area contributed by atoms with Gasteiger partial charge >= 0.3 is 6.18 Å². The highest BCUT2D eigenvalue weighted by Gasteiger charge is 2.30. The van der Waals surface area contributed by atoms with Crippen molar-refractivity contribution in [3.05, 3.63) is 48.2 Å². The molecule has 2 heterocycles. The van der Waals surface area contributed by atoms with Gasteiger partial charge in [0, 0.05) is 29.4 Å². The smallest absolute Gasteiger partial charge is 0.406 e. The number of piperidine rings is 1. The zero-order chi connectivity index (χ0) is 31.7. The fourth-order valence-corrected chi connectivity index (χ4v) is 6.10. The molecule has 2 aromatic carbocycles. The van der Waals surface area contributed by atoms with Crippen LogP contribution in [0.3, 0.4) is 0 Å². The molecule has 8 nitrogen and oxygen atoms in total. The number of alkyl halides is 3. The molecule has 5 rings (SSSR count). The van der Waals surface area contributed by atoms with Crippen LogP contribution in [0.1, 0.15) is 50.6 Å². The van der Waals surface area contributed by atoms with Gasteiger partial charge in [0.2, 0.25) is 0 Å². The average molecular weight is 635 g/mol. The number of aliphatic hydroxyl groups is 1. The molecule has 0 radical (unpaired) electrons. The van der Waals surface area contributed by atoms with Crippen LogP contribution in [0.4, 0.5) is 24.5 Å². The number of hydrogen-bond donors (Lipinski definition) is 4. The maximum absolute atomic E-state index is 13.5. The van der Waals surface area contributed by atoms with Gasteiger partial charge in [0.25, 0.3) is 0 Å². The highest BCUT2D eigenvalue weighted by atomic mass is 32.2. The molecule has 3 aromatic rings. The number of benzene rings is 2. The van der Waals surface area contributed by atoms with Crippen LogP contribution in [0.5, 0.6) is 5.75 Å². The molecule has 4 N–H and O–H groups in total. The van der Waals surface area contributed by atoms with E-state index in [0.29, 0.717) is 28.4 Å². The van der Waals surface area contributed by atoms with E-state index in [-0.39, 0.29) is 23.2 Å². The third-order valence-electron chi connectivity index (χ3n) is 7.74. The van der Waals surface area contributed by atoms with Gasteiger partial charge in [-0.25, -0.2) is 8.42 Å². The molecule has 0 bridgehead atoms. The van der Waals surface area contributed by atoms with Gasteiger partial charge in [0.1, 0.15) is 12.3 Å². The number of hydrogen-bond acceptors (Lipinski definition) is 7. The number of sulfone groups is 1. The van der Waals surface area contributed by atoms with E-state index in [2.05, 4.69) is 27.8 Å². The summed E-state index contributed by atoms with van der Waals surface area (Å²) in [6, 6.07) is 11.8. The minimum atomic E-state index is -4.40. The quantitative estimate of drug-likeness (QED) is 0.253. The summed E-state index contributed by atoms with van der Waals surface area (Å²) in [5.41, 5.74) is 2.10. The number of nitrogens with one attached hydrogen (secondary N) is 3. The van der Waals surface area contributed by atoms with E-state index in [1.807, 2.05) is 6.07 Å². The number of methoxy groups -OCH3 is 1.